The van der Waals surface area contributed by atoms with E-state index >= 15 is 0 Å². The van der Waals surface area contributed by atoms with Gasteiger partial charge >= 0.3 is 0 Å². The second kappa shape index (κ2) is 6.88. The predicted octanol–water partition coefficient (Wildman–Crippen LogP) is 1.72. The number of hydrogen-bond donors (Lipinski definition) is 3. The van der Waals surface area contributed by atoms with E-state index < -0.39 is 6.10 Å². The van der Waals surface area contributed by atoms with Crippen LogP contribution < -0.4 is 5.32 Å². The maximum atomic E-state index is 10.0. The van der Waals surface area contributed by atoms with E-state index in [1.807, 2.05) is 30.3 Å². The van der Waals surface area contributed by atoms with Crippen LogP contribution in [0.5, 0.6) is 0 Å². The van der Waals surface area contributed by atoms with Crippen molar-refractivity contribution in [3.05, 3.63) is 35.9 Å². The van der Waals surface area contributed by atoms with Gasteiger partial charge in [-0.05, 0) is 36.8 Å². The standard InChI is InChI=1S/C15H23NO2/c17-11-14-8-4-7-13(14)9-16-10-15(18)12-5-2-1-3-6-12/h1-3,5-6,13-18H,4,7-11H2. The number of rotatable bonds is 6. The lowest BCUT2D eigenvalue weighted by atomic mass is 9.97. The highest BCUT2D eigenvalue weighted by molar-refractivity contribution is 5.17. The molecule has 0 spiro atoms. The summed E-state index contributed by atoms with van der Waals surface area (Å²) in [5, 5.41) is 22.6. The van der Waals surface area contributed by atoms with Gasteiger partial charge in [0.15, 0.2) is 0 Å². The molecular weight excluding hydrogens is 226 g/mol. The lowest BCUT2D eigenvalue weighted by Gasteiger charge is -2.19. The van der Waals surface area contributed by atoms with E-state index in [2.05, 4.69) is 5.32 Å². The van der Waals surface area contributed by atoms with E-state index in [-0.39, 0.29) is 0 Å². The van der Waals surface area contributed by atoms with Gasteiger partial charge in [0.25, 0.3) is 0 Å². The molecule has 1 aromatic rings. The molecule has 0 saturated heterocycles. The summed E-state index contributed by atoms with van der Waals surface area (Å²) in [5.74, 6) is 1.02. The predicted molar refractivity (Wildman–Crippen MR) is 72.2 cm³/mol. The Balaban J connectivity index is 1.72. The van der Waals surface area contributed by atoms with Gasteiger partial charge in [0, 0.05) is 13.2 Å². The first-order chi connectivity index (χ1) is 8.81. The first-order valence-corrected chi connectivity index (χ1v) is 6.86. The lowest BCUT2D eigenvalue weighted by Crippen LogP contribution is -2.30. The zero-order chi connectivity index (χ0) is 12.8. The van der Waals surface area contributed by atoms with E-state index in [1.54, 1.807) is 0 Å². The maximum Gasteiger partial charge on any atom is 0.0914 e. The van der Waals surface area contributed by atoms with Crippen molar-refractivity contribution in [3.8, 4) is 0 Å². The number of aliphatic hydroxyl groups excluding tert-OH is 2. The molecule has 0 heterocycles. The molecule has 2 rings (SSSR count). The van der Waals surface area contributed by atoms with E-state index in [1.165, 1.54) is 12.8 Å². The second-order valence-corrected chi connectivity index (χ2v) is 5.22. The summed E-state index contributed by atoms with van der Waals surface area (Å²) in [4.78, 5) is 0. The molecule has 0 radical (unpaired) electrons. The van der Waals surface area contributed by atoms with Crippen LogP contribution in [0.4, 0.5) is 0 Å². The fraction of sp³-hybridized carbons (Fsp3) is 0.600. The van der Waals surface area contributed by atoms with Crippen molar-refractivity contribution < 1.29 is 10.2 Å². The first-order valence-electron chi connectivity index (χ1n) is 6.86. The average molecular weight is 249 g/mol. The third-order valence-electron chi connectivity index (χ3n) is 3.98. The molecule has 1 aliphatic carbocycles. The summed E-state index contributed by atoms with van der Waals surface area (Å²) >= 11 is 0. The minimum Gasteiger partial charge on any atom is -0.396 e. The van der Waals surface area contributed by atoms with Crippen LogP contribution in [0.1, 0.15) is 30.9 Å². The Morgan fingerprint density at radius 2 is 1.89 bits per heavy atom. The van der Waals surface area contributed by atoms with Gasteiger partial charge in [0.2, 0.25) is 0 Å². The third-order valence-corrected chi connectivity index (χ3v) is 3.98. The molecule has 0 amide bonds. The Bertz CT molecular complexity index is 342. The highest BCUT2D eigenvalue weighted by atomic mass is 16.3. The Morgan fingerprint density at radius 1 is 1.17 bits per heavy atom. The van der Waals surface area contributed by atoms with Gasteiger partial charge in [-0.15, -0.1) is 0 Å². The molecule has 3 nitrogen and oxygen atoms in total. The number of aliphatic hydroxyl groups is 2. The highest BCUT2D eigenvalue weighted by Gasteiger charge is 2.26. The van der Waals surface area contributed by atoms with Crippen LogP contribution in [-0.2, 0) is 0 Å². The summed E-state index contributed by atoms with van der Waals surface area (Å²) in [6, 6.07) is 9.72. The van der Waals surface area contributed by atoms with Crippen molar-refractivity contribution in [2.45, 2.75) is 25.4 Å². The fourth-order valence-electron chi connectivity index (χ4n) is 2.82. The SMILES string of the molecule is OCC1CCCC1CNCC(O)c1ccccc1. The van der Waals surface area contributed by atoms with Gasteiger partial charge in [0.1, 0.15) is 0 Å². The third kappa shape index (κ3) is 3.55. The molecule has 1 saturated carbocycles. The van der Waals surface area contributed by atoms with Crippen LogP contribution in [0, 0.1) is 11.8 Å². The van der Waals surface area contributed by atoms with Crippen LogP contribution in [-0.4, -0.2) is 29.9 Å². The fourth-order valence-corrected chi connectivity index (χ4v) is 2.82. The minimum absolute atomic E-state index is 0.299. The van der Waals surface area contributed by atoms with Gasteiger partial charge in [-0.3, -0.25) is 0 Å². The Hall–Kier alpha value is -0.900. The van der Waals surface area contributed by atoms with Crippen molar-refractivity contribution in [1.82, 2.24) is 5.32 Å². The summed E-state index contributed by atoms with van der Waals surface area (Å²) in [6.45, 7) is 1.78. The molecule has 3 atom stereocenters. The maximum absolute atomic E-state index is 10.0. The average Bonchev–Trinajstić information content (AvgIpc) is 2.87. The zero-order valence-corrected chi connectivity index (χ0v) is 10.8. The van der Waals surface area contributed by atoms with Crippen LogP contribution >= 0.6 is 0 Å². The summed E-state index contributed by atoms with van der Waals surface area (Å²) in [7, 11) is 0. The van der Waals surface area contributed by atoms with E-state index in [0.717, 1.165) is 18.5 Å². The van der Waals surface area contributed by atoms with Crippen LogP contribution in [0.2, 0.25) is 0 Å². The summed E-state index contributed by atoms with van der Waals surface area (Å²) in [6.07, 6.45) is 3.11. The molecule has 0 aromatic heterocycles. The zero-order valence-electron chi connectivity index (χ0n) is 10.8. The molecule has 18 heavy (non-hydrogen) atoms. The van der Waals surface area contributed by atoms with Gasteiger partial charge in [-0.1, -0.05) is 36.8 Å². The van der Waals surface area contributed by atoms with Crippen LogP contribution in [0.3, 0.4) is 0 Å². The molecule has 0 bridgehead atoms. The molecule has 1 fully saturated rings. The Morgan fingerprint density at radius 3 is 2.61 bits per heavy atom. The van der Waals surface area contributed by atoms with Gasteiger partial charge in [-0.25, -0.2) is 0 Å². The molecule has 1 aliphatic rings. The van der Waals surface area contributed by atoms with E-state index in [0.29, 0.717) is 25.0 Å². The van der Waals surface area contributed by atoms with Crippen molar-refractivity contribution in [3.63, 3.8) is 0 Å². The van der Waals surface area contributed by atoms with Crippen molar-refractivity contribution in [2.75, 3.05) is 19.7 Å². The van der Waals surface area contributed by atoms with Crippen LogP contribution in [0.15, 0.2) is 30.3 Å². The van der Waals surface area contributed by atoms with Crippen LogP contribution in [0.25, 0.3) is 0 Å². The molecule has 0 aliphatic heterocycles. The largest absolute Gasteiger partial charge is 0.396 e. The summed E-state index contributed by atoms with van der Waals surface area (Å²) < 4.78 is 0. The van der Waals surface area contributed by atoms with Gasteiger partial charge in [-0.2, -0.15) is 0 Å². The van der Waals surface area contributed by atoms with Gasteiger partial charge < -0.3 is 15.5 Å². The Kier molecular flexibility index (Phi) is 5.17. The van der Waals surface area contributed by atoms with Crippen molar-refractivity contribution in [2.24, 2.45) is 11.8 Å². The number of hydrogen-bond acceptors (Lipinski definition) is 3. The Labute approximate surface area is 109 Å². The number of nitrogens with one attached hydrogen (secondary N) is 1. The second-order valence-electron chi connectivity index (χ2n) is 5.22. The topological polar surface area (TPSA) is 52.5 Å². The number of benzene rings is 1. The summed E-state index contributed by atoms with van der Waals surface area (Å²) in [5.41, 5.74) is 0.954. The quantitative estimate of drug-likeness (QED) is 0.719. The molecule has 100 valence electrons. The van der Waals surface area contributed by atoms with E-state index in [9.17, 15) is 10.2 Å². The van der Waals surface area contributed by atoms with Crippen molar-refractivity contribution in [1.29, 1.82) is 0 Å². The molecular formula is C15H23NO2. The first kappa shape index (κ1) is 13.5. The monoisotopic (exact) mass is 249 g/mol. The molecule has 3 N–H and O–H groups in total. The molecule has 3 heteroatoms. The minimum atomic E-state index is -0.444. The normalized spacial score (nSPS) is 25.2. The van der Waals surface area contributed by atoms with Crippen molar-refractivity contribution >= 4 is 0 Å². The van der Waals surface area contributed by atoms with E-state index in [4.69, 9.17) is 0 Å². The molecule has 3 unspecified atom stereocenters. The highest BCUT2D eigenvalue weighted by Crippen LogP contribution is 2.30. The lowest BCUT2D eigenvalue weighted by molar-refractivity contribution is 0.163. The smallest absolute Gasteiger partial charge is 0.0914 e. The molecule has 1 aromatic carbocycles. The van der Waals surface area contributed by atoms with Gasteiger partial charge in [0.05, 0.1) is 6.10 Å².